The standard InChI is InChI=1S/C16H21N3O3/c1-10-15(17-11(2)22-10)16(20)18-13-7-6-12(9-19(3)4)8-14(13)21-5/h6-8H,9H2,1-5H3,(H,18,20). The zero-order chi connectivity index (χ0) is 16.3. The van der Waals surface area contributed by atoms with Crippen molar-refractivity contribution in [1.82, 2.24) is 9.88 Å². The van der Waals surface area contributed by atoms with Gasteiger partial charge in [0.25, 0.3) is 5.91 Å². The van der Waals surface area contributed by atoms with Crippen LogP contribution in [0.1, 0.15) is 27.7 Å². The molecule has 0 spiro atoms. The molecule has 0 aliphatic rings. The Morgan fingerprint density at radius 1 is 1.36 bits per heavy atom. The molecule has 1 aromatic carbocycles. The predicted molar refractivity (Wildman–Crippen MR) is 84.3 cm³/mol. The van der Waals surface area contributed by atoms with Gasteiger partial charge in [-0.2, -0.15) is 0 Å². The summed E-state index contributed by atoms with van der Waals surface area (Å²) in [6.07, 6.45) is 0. The Morgan fingerprint density at radius 2 is 2.09 bits per heavy atom. The molecule has 1 heterocycles. The minimum absolute atomic E-state index is 0.289. The van der Waals surface area contributed by atoms with Crippen molar-refractivity contribution in [3.05, 3.63) is 41.1 Å². The highest BCUT2D eigenvalue weighted by molar-refractivity contribution is 6.04. The molecule has 0 saturated heterocycles. The molecule has 22 heavy (non-hydrogen) atoms. The molecule has 118 valence electrons. The van der Waals surface area contributed by atoms with Gasteiger partial charge in [-0.3, -0.25) is 4.79 Å². The van der Waals surface area contributed by atoms with E-state index in [1.165, 1.54) is 0 Å². The molecule has 0 saturated carbocycles. The Labute approximate surface area is 130 Å². The van der Waals surface area contributed by atoms with Crippen LogP contribution in [0.3, 0.4) is 0 Å². The third-order valence-corrected chi connectivity index (χ3v) is 3.13. The average molecular weight is 303 g/mol. The van der Waals surface area contributed by atoms with Gasteiger partial charge in [-0.25, -0.2) is 4.98 Å². The van der Waals surface area contributed by atoms with Gasteiger partial charge in [0, 0.05) is 13.5 Å². The van der Waals surface area contributed by atoms with Gasteiger partial charge in [0.15, 0.2) is 11.6 Å². The van der Waals surface area contributed by atoms with E-state index in [0.717, 1.165) is 12.1 Å². The molecular weight excluding hydrogens is 282 g/mol. The first-order chi connectivity index (χ1) is 10.4. The van der Waals surface area contributed by atoms with E-state index in [4.69, 9.17) is 9.15 Å². The van der Waals surface area contributed by atoms with Crippen LogP contribution < -0.4 is 10.1 Å². The van der Waals surface area contributed by atoms with Gasteiger partial charge in [-0.05, 0) is 38.7 Å². The molecule has 0 atom stereocenters. The summed E-state index contributed by atoms with van der Waals surface area (Å²) in [5, 5.41) is 2.81. The summed E-state index contributed by atoms with van der Waals surface area (Å²) in [7, 11) is 5.58. The molecule has 6 nitrogen and oxygen atoms in total. The van der Waals surface area contributed by atoms with Gasteiger partial charge < -0.3 is 19.4 Å². The zero-order valence-corrected chi connectivity index (χ0v) is 13.6. The maximum atomic E-state index is 12.3. The summed E-state index contributed by atoms with van der Waals surface area (Å²) in [5.41, 5.74) is 2.00. The molecule has 2 rings (SSSR count). The number of aryl methyl sites for hydroxylation is 2. The maximum Gasteiger partial charge on any atom is 0.278 e. The fourth-order valence-electron chi connectivity index (χ4n) is 2.22. The van der Waals surface area contributed by atoms with Gasteiger partial charge in [-0.1, -0.05) is 6.07 Å². The Hall–Kier alpha value is -2.34. The first-order valence-electron chi connectivity index (χ1n) is 6.97. The summed E-state index contributed by atoms with van der Waals surface area (Å²) in [4.78, 5) is 18.4. The number of aromatic nitrogens is 1. The highest BCUT2D eigenvalue weighted by Crippen LogP contribution is 2.26. The van der Waals surface area contributed by atoms with Crippen LogP contribution in [0.25, 0.3) is 0 Å². The van der Waals surface area contributed by atoms with Crippen molar-refractivity contribution in [1.29, 1.82) is 0 Å². The number of carbonyl (C=O) groups is 1. The van der Waals surface area contributed by atoms with Crippen LogP contribution >= 0.6 is 0 Å². The topological polar surface area (TPSA) is 67.6 Å². The Balaban J connectivity index is 2.22. The lowest BCUT2D eigenvalue weighted by Crippen LogP contribution is -2.15. The second kappa shape index (κ2) is 6.62. The smallest absolute Gasteiger partial charge is 0.278 e. The van der Waals surface area contributed by atoms with E-state index in [0.29, 0.717) is 23.1 Å². The molecule has 0 fully saturated rings. The van der Waals surface area contributed by atoms with E-state index >= 15 is 0 Å². The summed E-state index contributed by atoms with van der Waals surface area (Å²) in [5.74, 6) is 1.27. The van der Waals surface area contributed by atoms with E-state index in [1.807, 2.05) is 32.3 Å². The van der Waals surface area contributed by atoms with Crippen molar-refractivity contribution in [2.45, 2.75) is 20.4 Å². The molecule has 0 radical (unpaired) electrons. The highest BCUT2D eigenvalue weighted by atomic mass is 16.5. The minimum atomic E-state index is -0.312. The molecule has 6 heteroatoms. The summed E-state index contributed by atoms with van der Waals surface area (Å²) in [6.45, 7) is 4.22. The third kappa shape index (κ3) is 3.65. The van der Waals surface area contributed by atoms with Crippen LogP contribution in [-0.2, 0) is 6.54 Å². The summed E-state index contributed by atoms with van der Waals surface area (Å²) in [6, 6.07) is 5.70. The molecular formula is C16H21N3O3. The number of hydrogen-bond donors (Lipinski definition) is 1. The normalized spacial score (nSPS) is 10.8. The van der Waals surface area contributed by atoms with Crippen molar-refractivity contribution in [2.75, 3.05) is 26.5 Å². The van der Waals surface area contributed by atoms with Crippen molar-refractivity contribution in [3.8, 4) is 5.75 Å². The predicted octanol–water partition coefficient (Wildman–Crippen LogP) is 2.61. The van der Waals surface area contributed by atoms with Crippen molar-refractivity contribution < 1.29 is 13.9 Å². The number of carbonyl (C=O) groups excluding carboxylic acids is 1. The minimum Gasteiger partial charge on any atom is -0.495 e. The number of ether oxygens (including phenoxy) is 1. The first kappa shape index (κ1) is 16.0. The number of rotatable bonds is 5. The molecule has 0 aliphatic heterocycles. The van der Waals surface area contributed by atoms with Gasteiger partial charge >= 0.3 is 0 Å². The largest absolute Gasteiger partial charge is 0.495 e. The first-order valence-corrected chi connectivity index (χ1v) is 6.97. The molecule has 0 unspecified atom stereocenters. The van der Waals surface area contributed by atoms with Crippen LogP contribution in [0.2, 0.25) is 0 Å². The summed E-state index contributed by atoms with van der Waals surface area (Å²) >= 11 is 0. The van der Waals surface area contributed by atoms with Gasteiger partial charge in [0.05, 0.1) is 12.8 Å². The average Bonchev–Trinajstić information content (AvgIpc) is 2.78. The van der Waals surface area contributed by atoms with Crippen LogP contribution in [0, 0.1) is 13.8 Å². The van der Waals surface area contributed by atoms with Crippen LogP contribution in [0.5, 0.6) is 5.75 Å². The van der Waals surface area contributed by atoms with Crippen LogP contribution in [0.15, 0.2) is 22.6 Å². The highest BCUT2D eigenvalue weighted by Gasteiger charge is 2.17. The van der Waals surface area contributed by atoms with Gasteiger partial charge in [0.1, 0.15) is 11.5 Å². The lowest BCUT2D eigenvalue weighted by molar-refractivity contribution is 0.102. The number of methoxy groups -OCH3 is 1. The number of anilines is 1. The fraction of sp³-hybridized carbons (Fsp3) is 0.375. The van der Waals surface area contributed by atoms with Gasteiger partial charge in [-0.15, -0.1) is 0 Å². The lowest BCUT2D eigenvalue weighted by atomic mass is 10.1. The van der Waals surface area contributed by atoms with E-state index in [-0.39, 0.29) is 11.6 Å². The van der Waals surface area contributed by atoms with E-state index in [9.17, 15) is 4.79 Å². The molecule has 1 amide bonds. The summed E-state index contributed by atoms with van der Waals surface area (Å²) < 4.78 is 10.6. The molecule has 2 aromatic rings. The van der Waals surface area contributed by atoms with Crippen LogP contribution in [0.4, 0.5) is 5.69 Å². The second-order valence-corrected chi connectivity index (χ2v) is 5.36. The monoisotopic (exact) mass is 303 g/mol. The zero-order valence-electron chi connectivity index (χ0n) is 13.6. The molecule has 0 aliphatic carbocycles. The van der Waals surface area contributed by atoms with Crippen molar-refractivity contribution >= 4 is 11.6 Å². The van der Waals surface area contributed by atoms with E-state index < -0.39 is 0 Å². The van der Waals surface area contributed by atoms with Crippen molar-refractivity contribution in [2.24, 2.45) is 0 Å². The maximum absolute atomic E-state index is 12.3. The fourth-order valence-corrected chi connectivity index (χ4v) is 2.22. The van der Waals surface area contributed by atoms with Crippen molar-refractivity contribution in [3.63, 3.8) is 0 Å². The number of amides is 1. The third-order valence-electron chi connectivity index (χ3n) is 3.13. The number of hydrogen-bond acceptors (Lipinski definition) is 5. The molecule has 1 aromatic heterocycles. The number of benzene rings is 1. The number of nitrogens with zero attached hydrogens (tertiary/aromatic N) is 2. The lowest BCUT2D eigenvalue weighted by Gasteiger charge is -2.14. The second-order valence-electron chi connectivity index (χ2n) is 5.36. The SMILES string of the molecule is COc1cc(CN(C)C)ccc1NC(=O)c1nc(C)oc1C. The number of oxazole rings is 1. The Morgan fingerprint density at radius 3 is 2.64 bits per heavy atom. The quantitative estimate of drug-likeness (QED) is 0.919. The molecule has 0 bridgehead atoms. The van der Waals surface area contributed by atoms with E-state index in [2.05, 4.69) is 15.2 Å². The van der Waals surface area contributed by atoms with Gasteiger partial charge in [0.2, 0.25) is 0 Å². The Kier molecular flexibility index (Phi) is 4.82. The molecule has 1 N–H and O–H groups in total. The van der Waals surface area contributed by atoms with Crippen LogP contribution in [-0.4, -0.2) is 37.0 Å². The van der Waals surface area contributed by atoms with E-state index in [1.54, 1.807) is 21.0 Å². The Bertz CT molecular complexity index is 677. The number of nitrogens with one attached hydrogen (secondary N) is 1.